The van der Waals surface area contributed by atoms with E-state index >= 15 is 0 Å². The molecule has 0 aromatic heterocycles. The third-order valence-electron chi connectivity index (χ3n) is 2.40. The summed E-state index contributed by atoms with van der Waals surface area (Å²) in [5.41, 5.74) is 0. The van der Waals surface area contributed by atoms with Crippen molar-refractivity contribution in [1.29, 1.82) is 0 Å². The predicted octanol–water partition coefficient (Wildman–Crippen LogP) is 1.44. The first-order chi connectivity index (χ1) is 7.27. The molecule has 15 heavy (non-hydrogen) atoms. The van der Waals surface area contributed by atoms with Gasteiger partial charge in [-0.25, -0.2) is 4.39 Å². The van der Waals surface area contributed by atoms with Gasteiger partial charge in [-0.2, -0.15) is 0 Å². The van der Waals surface area contributed by atoms with Crippen molar-refractivity contribution in [3.05, 3.63) is 30.1 Å². The van der Waals surface area contributed by atoms with Gasteiger partial charge in [-0.3, -0.25) is 4.79 Å². The third-order valence-corrected chi connectivity index (χ3v) is 2.40. The highest BCUT2D eigenvalue weighted by atomic mass is 19.1. The van der Waals surface area contributed by atoms with Crippen LogP contribution in [0.25, 0.3) is 0 Å². The molecule has 3 nitrogen and oxygen atoms in total. The normalized spacial score (nSPS) is 14.6. The lowest BCUT2D eigenvalue weighted by atomic mass is 10.2. The van der Waals surface area contributed by atoms with E-state index in [0.717, 1.165) is 19.5 Å². The molecule has 1 fully saturated rings. The molecule has 1 aliphatic heterocycles. The predicted molar refractivity (Wildman–Crippen MR) is 53.1 cm³/mol. The second-order valence-corrected chi connectivity index (χ2v) is 3.45. The summed E-state index contributed by atoms with van der Waals surface area (Å²) in [4.78, 5) is 13.1. The third kappa shape index (κ3) is 2.26. The van der Waals surface area contributed by atoms with Crippen molar-refractivity contribution in [3.63, 3.8) is 0 Å². The van der Waals surface area contributed by atoms with Crippen molar-refractivity contribution >= 4 is 5.91 Å². The van der Waals surface area contributed by atoms with Crippen LogP contribution >= 0.6 is 0 Å². The van der Waals surface area contributed by atoms with Crippen LogP contribution in [0.2, 0.25) is 0 Å². The summed E-state index contributed by atoms with van der Waals surface area (Å²) in [5.74, 6) is -0.384. The zero-order chi connectivity index (χ0) is 10.7. The Kier molecular flexibility index (Phi) is 2.85. The van der Waals surface area contributed by atoms with Crippen molar-refractivity contribution < 1.29 is 13.9 Å². The minimum atomic E-state index is -0.436. The van der Waals surface area contributed by atoms with Gasteiger partial charge < -0.3 is 9.64 Å². The number of para-hydroxylation sites is 1. The van der Waals surface area contributed by atoms with Crippen LogP contribution in [0.5, 0.6) is 5.75 Å². The van der Waals surface area contributed by atoms with Gasteiger partial charge in [0.05, 0.1) is 0 Å². The standard InChI is InChI=1S/C11H12FNO2/c12-9-4-1-2-5-10(9)15-8-11(14)13-6-3-7-13/h1-2,4-5H,3,6-8H2. The van der Waals surface area contributed by atoms with Gasteiger partial charge >= 0.3 is 0 Å². The molecule has 0 spiro atoms. The summed E-state index contributed by atoms with van der Waals surface area (Å²) < 4.78 is 18.2. The van der Waals surface area contributed by atoms with Crippen molar-refractivity contribution in [2.75, 3.05) is 19.7 Å². The molecule has 1 aromatic rings. The summed E-state index contributed by atoms with van der Waals surface area (Å²) >= 11 is 0. The van der Waals surface area contributed by atoms with Gasteiger partial charge in [0.25, 0.3) is 5.91 Å². The molecule has 0 bridgehead atoms. The van der Waals surface area contributed by atoms with Crippen molar-refractivity contribution in [2.45, 2.75) is 6.42 Å². The van der Waals surface area contributed by atoms with E-state index in [1.165, 1.54) is 12.1 Å². The first-order valence-electron chi connectivity index (χ1n) is 4.92. The first-order valence-corrected chi connectivity index (χ1v) is 4.92. The quantitative estimate of drug-likeness (QED) is 0.753. The van der Waals surface area contributed by atoms with Crippen LogP contribution in [0, 0.1) is 5.82 Å². The highest BCUT2D eigenvalue weighted by Gasteiger charge is 2.20. The van der Waals surface area contributed by atoms with E-state index in [1.54, 1.807) is 17.0 Å². The fourth-order valence-corrected chi connectivity index (χ4v) is 1.36. The largest absolute Gasteiger partial charge is 0.481 e. The van der Waals surface area contributed by atoms with E-state index in [-0.39, 0.29) is 18.3 Å². The number of carbonyl (C=O) groups excluding carboxylic acids is 1. The van der Waals surface area contributed by atoms with Gasteiger partial charge in [0.1, 0.15) is 0 Å². The van der Waals surface area contributed by atoms with Gasteiger partial charge in [-0.15, -0.1) is 0 Å². The van der Waals surface area contributed by atoms with Crippen LogP contribution in [0.1, 0.15) is 6.42 Å². The first kappa shape index (κ1) is 9.96. The van der Waals surface area contributed by atoms with Crippen LogP contribution in [-0.4, -0.2) is 30.5 Å². The maximum atomic E-state index is 13.1. The van der Waals surface area contributed by atoms with Gasteiger partial charge in [0, 0.05) is 13.1 Å². The molecule has 2 rings (SSSR count). The molecule has 1 heterocycles. The molecule has 1 saturated heterocycles. The number of rotatable bonds is 3. The lowest BCUT2D eigenvalue weighted by Gasteiger charge is -2.30. The second kappa shape index (κ2) is 4.29. The number of benzene rings is 1. The molecule has 0 radical (unpaired) electrons. The van der Waals surface area contributed by atoms with Gasteiger partial charge in [0.15, 0.2) is 18.2 Å². The number of likely N-dealkylation sites (tertiary alicyclic amines) is 1. The molecular formula is C11H12FNO2. The lowest BCUT2D eigenvalue weighted by molar-refractivity contribution is -0.136. The fourth-order valence-electron chi connectivity index (χ4n) is 1.36. The van der Waals surface area contributed by atoms with E-state index in [1.807, 2.05) is 0 Å². The van der Waals surface area contributed by atoms with Gasteiger partial charge in [-0.05, 0) is 18.6 Å². The van der Waals surface area contributed by atoms with E-state index in [9.17, 15) is 9.18 Å². The molecule has 4 heteroatoms. The smallest absolute Gasteiger partial charge is 0.260 e. The Hall–Kier alpha value is -1.58. The fraction of sp³-hybridized carbons (Fsp3) is 0.364. The molecule has 0 N–H and O–H groups in total. The highest BCUT2D eigenvalue weighted by molar-refractivity contribution is 5.78. The Morgan fingerprint density at radius 2 is 2.13 bits per heavy atom. The van der Waals surface area contributed by atoms with E-state index in [2.05, 4.69) is 0 Å². The molecule has 0 atom stereocenters. The van der Waals surface area contributed by atoms with Gasteiger partial charge in [0.2, 0.25) is 0 Å². The number of halogens is 1. The number of hydrogen-bond donors (Lipinski definition) is 0. The number of hydrogen-bond acceptors (Lipinski definition) is 2. The van der Waals surface area contributed by atoms with Crippen molar-refractivity contribution in [1.82, 2.24) is 4.90 Å². The van der Waals surface area contributed by atoms with Crippen LogP contribution in [0.3, 0.4) is 0 Å². The Balaban J connectivity index is 1.87. The zero-order valence-corrected chi connectivity index (χ0v) is 8.28. The maximum Gasteiger partial charge on any atom is 0.260 e. The maximum absolute atomic E-state index is 13.1. The summed E-state index contributed by atoms with van der Waals surface area (Å²) in [6.07, 6.45) is 1.05. The number of carbonyl (C=O) groups is 1. The Morgan fingerprint density at radius 3 is 2.73 bits per heavy atom. The molecule has 1 amide bonds. The monoisotopic (exact) mass is 209 g/mol. The molecule has 0 unspecified atom stereocenters. The van der Waals surface area contributed by atoms with Crippen LogP contribution in [0.15, 0.2) is 24.3 Å². The molecule has 80 valence electrons. The number of ether oxygens (including phenoxy) is 1. The average Bonchev–Trinajstić information content (AvgIpc) is 2.14. The summed E-state index contributed by atoms with van der Waals surface area (Å²) in [5, 5.41) is 0. The minimum Gasteiger partial charge on any atom is -0.481 e. The molecular weight excluding hydrogens is 197 g/mol. The zero-order valence-electron chi connectivity index (χ0n) is 8.28. The number of amides is 1. The lowest BCUT2D eigenvalue weighted by Crippen LogP contribution is -2.44. The summed E-state index contributed by atoms with van der Waals surface area (Å²) in [6, 6.07) is 6.08. The molecule has 0 saturated carbocycles. The topological polar surface area (TPSA) is 29.5 Å². The second-order valence-electron chi connectivity index (χ2n) is 3.45. The summed E-state index contributed by atoms with van der Waals surface area (Å²) in [7, 11) is 0. The Morgan fingerprint density at radius 1 is 1.40 bits per heavy atom. The molecule has 1 aliphatic rings. The number of nitrogens with zero attached hydrogens (tertiary/aromatic N) is 1. The van der Waals surface area contributed by atoms with E-state index in [0.29, 0.717) is 0 Å². The van der Waals surface area contributed by atoms with E-state index < -0.39 is 5.82 Å². The Labute approximate surface area is 87.5 Å². The van der Waals surface area contributed by atoms with Crippen molar-refractivity contribution in [2.24, 2.45) is 0 Å². The molecule has 1 aromatic carbocycles. The summed E-state index contributed by atoms with van der Waals surface area (Å²) in [6.45, 7) is 1.50. The van der Waals surface area contributed by atoms with Crippen LogP contribution in [0.4, 0.5) is 4.39 Å². The van der Waals surface area contributed by atoms with Gasteiger partial charge in [-0.1, -0.05) is 12.1 Å². The minimum absolute atomic E-state index is 0.0792. The SMILES string of the molecule is O=C(COc1ccccc1F)N1CCC1. The average molecular weight is 209 g/mol. The molecule has 0 aliphatic carbocycles. The van der Waals surface area contributed by atoms with Crippen molar-refractivity contribution in [3.8, 4) is 5.75 Å². The van der Waals surface area contributed by atoms with Crippen LogP contribution in [-0.2, 0) is 4.79 Å². The Bertz CT molecular complexity index is 363. The highest BCUT2D eigenvalue weighted by Crippen LogP contribution is 2.15. The van der Waals surface area contributed by atoms with Crippen LogP contribution < -0.4 is 4.74 Å². The van der Waals surface area contributed by atoms with E-state index in [4.69, 9.17) is 4.74 Å².